The Morgan fingerprint density at radius 3 is 2.77 bits per heavy atom. The first kappa shape index (κ1) is 15.4. The van der Waals surface area contributed by atoms with Gasteiger partial charge in [0.2, 0.25) is 0 Å². The van der Waals surface area contributed by atoms with Gasteiger partial charge in [0.25, 0.3) is 5.56 Å². The van der Waals surface area contributed by atoms with Gasteiger partial charge in [-0.1, -0.05) is 23.7 Å². The van der Waals surface area contributed by atoms with Crippen LogP contribution in [0.3, 0.4) is 0 Å². The minimum atomic E-state index is -0.294. The fourth-order valence-electron chi connectivity index (χ4n) is 3.61. The number of rotatable bonds is 2. The van der Waals surface area contributed by atoms with E-state index >= 15 is 0 Å². The third-order valence-electron chi connectivity index (χ3n) is 5.16. The second kappa shape index (κ2) is 5.59. The van der Waals surface area contributed by atoms with Crippen LogP contribution in [0.25, 0.3) is 32.9 Å². The largest absolute Gasteiger partial charge is 0.394 e. The summed E-state index contributed by atoms with van der Waals surface area (Å²) >= 11 is 6.26. The number of benzene rings is 2. The van der Waals surface area contributed by atoms with Crippen molar-refractivity contribution >= 4 is 39.1 Å². The second-order valence-electron chi connectivity index (χ2n) is 6.66. The van der Waals surface area contributed by atoms with E-state index in [1.165, 1.54) is 5.56 Å². The average molecular weight is 366 g/mol. The van der Waals surface area contributed by atoms with Crippen molar-refractivity contribution in [3.63, 3.8) is 0 Å². The summed E-state index contributed by atoms with van der Waals surface area (Å²) in [6.45, 7) is 1.93. The van der Waals surface area contributed by atoms with E-state index in [2.05, 4.69) is 32.6 Å². The molecule has 3 heterocycles. The lowest BCUT2D eigenvalue weighted by atomic mass is 9.90. The summed E-state index contributed by atoms with van der Waals surface area (Å²) in [6, 6.07) is 9.84. The molecule has 2 aromatic carbocycles. The summed E-state index contributed by atoms with van der Waals surface area (Å²) in [5.41, 5.74) is 10.4. The number of H-pyrrole nitrogens is 2. The number of aromatic nitrogens is 3. The van der Waals surface area contributed by atoms with Crippen LogP contribution in [0.2, 0.25) is 5.02 Å². The van der Waals surface area contributed by atoms with Gasteiger partial charge >= 0.3 is 0 Å². The number of nitrogens with two attached hydrogens (primary N) is 1. The summed E-state index contributed by atoms with van der Waals surface area (Å²) in [5.74, 6) is 0.486. The molecule has 0 radical (unpaired) electrons. The van der Waals surface area contributed by atoms with Crippen LogP contribution in [-0.4, -0.2) is 28.3 Å². The SMILES string of the molecule is Nc1c(-c2ccc(Cl)c3[nH]ncc23)c2cc(C3CNC3)ccc2[nH]c1=O. The number of hydrogen-bond donors (Lipinski definition) is 4. The molecule has 4 aromatic rings. The molecule has 0 aliphatic carbocycles. The molecule has 0 amide bonds. The van der Waals surface area contributed by atoms with Crippen LogP contribution in [-0.2, 0) is 0 Å². The number of nitrogens with zero attached hydrogens (tertiary/aromatic N) is 1. The summed E-state index contributed by atoms with van der Waals surface area (Å²) in [6.07, 6.45) is 1.71. The van der Waals surface area contributed by atoms with Crippen LogP contribution in [0.5, 0.6) is 0 Å². The fourth-order valence-corrected chi connectivity index (χ4v) is 3.82. The lowest BCUT2D eigenvalue weighted by Gasteiger charge is -2.28. The Morgan fingerprint density at radius 1 is 1.15 bits per heavy atom. The van der Waals surface area contributed by atoms with Crippen molar-refractivity contribution in [3.05, 3.63) is 57.5 Å². The molecule has 130 valence electrons. The van der Waals surface area contributed by atoms with Crippen LogP contribution in [0, 0.1) is 0 Å². The number of nitrogens with one attached hydrogen (secondary N) is 3. The highest BCUT2D eigenvalue weighted by Gasteiger charge is 2.21. The van der Waals surface area contributed by atoms with Crippen LogP contribution < -0.4 is 16.6 Å². The third kappa shape index (κ3) is 2.16. The molecule has 7 heteroatoms. The van der Waals surface area contributed by atoms with Gasteiger partial charge in [-0.3, -0.25) is 9.89 Å². The number of nitrogen functional groups attached to an aromatic ring is 1. The lowest BCUT2D eigenvalue weighted by molar-refractivity contribution is 0.449. The molecule has 1 aliphatic rings. The fraction of sp³-hybridized carbons (Fsp3) is 0.158. The predicted octanol–water partition coefficient (Wildman–Crippen LogP) is 2.99. The van der Waals surface area contributed by atoms with E-state index in [4.69, 9.17) is 17.3 Å². The molecule has 2 aromatic heterocycles. The summed E-state index contributed by atoms with van der Waals surface area (Å²) in [5, 5.41) is 12.7. The van der Waals surface area contributed by atoms with Crippen molar-refractivity contribution in [2.45, 2.75) is 5.92 Å². The van der Waals surface area contributed by atoms with Crippen LogP contribution in [0.4, 0.5) is 5.69 Å². The average Bonchev–Trinajstić information content (AvgIpc) is 3.07. The molecule has 1 aliphatic heterocycles. The monoisotopic (exact) mass is 365 g/mol. The van der Waals surface area contributed by atoms with Gasteiger partial charge < -0.3 is 16.0 Å². The maximum Gasteiger partial charge on any atom is 0.272 e. The number of fused-ring (bicyclic) bond motifs is 2. The Labute approximate surface area is 153 Å². The molecule has 0 bridgehead atoms. The molecule has 5 rings (SSSR count). The highest BCUT2D eigenvalue weighted by molar-refractivity contribution is 6.35. The zero-order chi connectivity index (χ0) is 17.8. The minimum Gasteiger partial charge on any atom is -0.394 e. The van der Waals surface area contributed by atoms with Gasteiger partial charge in [-0.15, -0.1) is 0 Å². The van der Waals surface area contributed by atoms with E-state index in [1.54, 1.807) is 12.3 Å². The van der Waals surface area contributed by atoms with E-state index in [0.29, 0.717) is 10.9 Å². The number of hydrogen-bond acceptors (Lipinski definition) is 4. The van der Waals surface area contributed by atoms with E-state index in [9.17, 15) is 4.79 Å². The highest BCUT2D eigenvalue weighted by Crippen LogP contribution is 2.38. The number of aromatic amines is 2. The highest BCUT2D eigenvalue weighted by atomic mass is 35.5. The Balaban J connectivity index is 1.87. The number of halogens is 1. The van der Waals surface area contributed by atoms with Crippen molar-refractivity contribution in [1.29, 1.82) is 0 Å². The van der Waals surface area contributed by atoms with Crippen molar-refractivity contribution in [2.24, 2.45) is 0 Å². The lowest BCUT2D eigenvalue weighted by Crippen LogP contribution is -2.39. The van der Waals surface area contributed by atoms with Crippen molar-refractivity contribution in [3.8, 4) is 11.1 Å². The van der Waals surface area contributed by atoms with Crippen molar-refractivity contribution < 1.29 is 0 Å². The van der Waals surface area contributed by atoms with E-state index in [-0.39, 0.29) is 11.2 Å². The van der Waals surface area contributed by atoms with Gasteiger partial charge in [-0.25, -0.2) is 0 Å². The number of pyridine rings is 1. The zero-order valence-electron chi connectivity index (χ0n) is 13.8. The van der Waals surface area contributed by atoms with Gasteiger partial charge in [0.15, 0.2) is 0 Å². The van der Waals surface area contributed by atoms with Crippen molar-refractivity contribution in [1.82, 2.24) is 20.5 Å². The first-order valence-corrected chi connectivity index (χ1v) is 8.79. The third-order valence-corrected chi connectivity index (χ3v) is 5.48. The first-order valence-electron chi connectivity index (χ1n) is 8.41. The smallest absolute Gasteiger partial charge is 0.272 e. The van der Waals surface area contributed by atoms with E-state index in [0.717, 1.165) is 46.0 Å². The number of anilines is 1. The first-order chi connectivity index (χ1) is 12.6. The van der Waals surface area contributed by atoms with Crippen LogP contribution in [0.1, 0.15) is 11.5 Å². The molecule has 0 atom stereocenters. The quantitative estimate of drug-likeness (QED) is 0.438. The Hall–Kier alpha value is -2.83. The minimum absolute atomic E-state index is 0.200. The van der Waals surface area contributed by atoms with Gasteiger partial charge in [-0.05, 0) is 29.3 Å². The van der Waals surface area contributed by atoms with Crippen molar-refractivity contribution in [2.75, 3.05) is 18.8 Å². The van der Waals surface area contributed by atoms with Gasteiger partial charge in [0.1, 0.15) is 5.69 Å². The van der Waals surface area contributed by atoms with Gasteiger partial charge in [0.05, 0.1) is 16.7 Å². The zero-order valence-corrected chi connectivity index (χ0v) is 14.5. The topological polar surface area (TPSA) is 99.6 Å². The van der Waals surface area contributed by atoms with E-state index in [1.807, 2.05) is 12.1 Å². The summed E-state index contributed by atoms with van der Waals surface area (Å²) in [7, 11) is 0. The van der Waals surface area contributed by atoms with E-state index < -0.39 is 0 Å². The molecular weight excluding hydrogens is 350 g/mol. The normalized spacial score (nSPS) is 14.8. The molecular formula is C19H16ClN5O. The summed E-state index contributed by atoms with van der Waals surface area (Å²) in [4.78, 5) is 15.3. The molecule has 26 heavy (non-hydrogen) atoms. The molecule has 0 unspecified atom stereocenters. The Morgan fingerprint density at radius 2 is 2.00 bits per heavy atom. The Bertz CT molecular complexity index is 1220. The van der Waals surface area contributed by atoms with Crippen LogP contribution >= 0.6 is 11.6 Å². The van der Waals surface area contributed by atoms with Gasteiger partial charge in [0, 0.05) is 40.9 Å². The maximum atomic E-state index is 12.4. The molecule has 5 N–H and O–H groups in total. The second-order valence-corrected chi connectivity index (χ2v) is 7.06. The molecule has 0 saturated carbocycles. The molecule has 0 spiro atoms. The Kier molecular flexibility index (Phi) is 3.32. The predicted molar refractivity (Wildman–Crippen MR) is 105 cm³/mol. The van der Waals surface area contributed by atoms with Crippen LogP contribution in [0.15, 0.2) is 41.3 Å². The molecule has 1 saturated heterocycles. The standard InChI is InChI=1S/C19H16ClN5O/c20-14-3-2-11(13-8-23-25-18(13)14)16-12-5-9(10-6-22-7-10)1-4-15(12)24-19(26)17(16)21/h1-5,8,10,22H,6-7,21H2,(H,23,25)(H,24,26). The summed E-state index contributed by atoms with van der Waals surface area (Å²) < 4.78 is 0. The molecule has 6 nitrogen and oxygen atoms in total. The molecule has 1 fully saturated rings. The maximum absolute atomic E-state index is 12.4. The van der Waals surface area contributed by atoms with Gasteiger partial charge in [-0.2, -0.15) is 5.10 Å².